The van der Waals surface area contributed by atoms with Gasteiger partial charge in [0.1, 0.15) is 0 Å². The van der Waals surface area contributed by atoms with Crippen molar-refractivity contribution in [3.63, 3.8) is 0 Å². The van der Waals surface area contributed by atoms with Crippen molar-refractivity contribution in [2.45, 2.75) is 6.54 Å². The van der Waals surface area contributed by atoms with Gasteiger partial charge in [-0.2, -0.15) is 0 Å². The Bertz CT molecular complexity index is 239. The Morgan fingerprint density at radius 2 is 2.40 bits per heavy atom. The van der Waals surface area contributed by atoms with Gasteiger partial charge in [-0.15, -0.1) is 0 Å². The zero-order chi connectivity index (χ0) is 7.56. The molecule has 0 radical (unpaired) electrons. The average Bonchev–Trinajstić information content (AvgIpc) is 1.95. The first-order chi connectivity index (χ1) is 4.75. The Balaban J connectivity index is 3.14. The molecule has 4 heteroatoms. The molecule has 0 amide bonds. The van der Waals surface area contributed by atoms with E-state index in [0.717, 1.165) is 0 Å². The first-order valence-electron chi connectivity index (χ1n) is 2.74. The second-order valence-electron chi connectivity index (χ2n) is 1.78. The van der Waals surface area contributed by atoms with Gasteiger partial charge in [0, 0.05) is 18.3 Å². The van der Waals surface area contributed by atoms with E-state index in [-0.39, 0.29) is 11.7 Å². The summed E-state index contributed by atoms with van der Waals surface area (Å²) in [5.41, 5.74) is 5.58. The largest absolute Gasteiger partial charge is 0.326 e. The molecule has 0 saturated carbocycles. The summed E-state index contributed by atoms with van der Waals surface area (Å²) in [5, 5.41) is -0.122. The van der Waals surface area contributed by atoms with Crippen LogP contribution in [0.2, 0.25) is 5.15 Å². The standard InChI is InChI=1S/C6H6ClFN2/c7-6-5(8)4(3-9)1-2-10-6/h1-2H,3,9H2. The molecule has 1 aromatic heterocycles. The molecule has 0 saturated heterocycles. The van der Waals surface area contributed by atoms with Crippen LogP contribution in [0.4, 0.5) is 4.39 Å². The summed E-state index contributed by atoms with van der Waals surface area (Å²) in [4.78, 5) is 3.52. The SMILES string of the molecule is NCc1ccnc(Cl)c1F. The predicted molar refractivity (Wildman–Crippen MR) is 37.1 cm³/mol. The van der Waals surface area contributed by atoms with Gasteiger partial charge in [-0.1, -0.05) is 11.6 Å². The van der Waals surface area contributed by atoms with Crippen LogP contribution in [-0.4, -0.2) is 4.98 Å². The van der Waals surface area contributed by atoms with Crippen LogP contribution in [0.3, 0.4) is 0 Å². The van der Waals surface area contributed by atoms with E-state index in [1.54, 1.807) is 0 Å². The number of nitrogens with zero attached hydrogens (tertiary/aromatic N) is 1. The molecular weight excluding hydrogens is 155 g/mol. The minimum atomic E-state index is -0.522. The van der Waals surface area contributed by atoms with E-state index in [0.29, 0.717) is 5.56 Å². The number of pyridine rings is 1. The van der Waals surface area contributed by atoms with E-state index >= 15 is 0 Å². The second kappa shape index (κ2) is 2.94. The molecule has 10 heavy (non-hydrogen) atoms. The van der Waals surface area contributed by atoms with Crippen LogP contribution in [0.1, 0.15) is 5.56 Å². The Morgan fingerprint density at radius 1 is 1.70 bits per heavy atom. The van der Waals surface area contributed by atoms with Crippen LogP contribution >= 0.6 is 11.6 Å². The smallest absolute Gasteiger partial charge is 0.165 e. The summed E-state index contributed by atoms with van der Waals surface area (Å²) < 4.78 is 12.7. The highest BCUT2D eigenvalue weighted by molar-refractivity contribution is 6.29. The molecule has 1 heterocycles. The number of rotatable bonds is 1. The first-order valence-corrected chi connectivity index (χ1v) is 3.12. The van der Waals surface area contributed by atoms with Crippen LogP contribution in [0, 0.1) is 5.82 Å². The van der Waals surface area contributed by atoms with Gasteiger partial charge in [-0.05, 0) is 6.07 Å². The third-order valence-corrected chi connectivity index (χ3v) is 1.41. The molecule has 0 aliphatic heterocycles. The number of hydrogen-bond donors (Lipinski definition) is 1. The third-order valence-electron chi connectivity index (χ3n) is 1.15. The lowest BCUT2D eigenvalue weighted by atomic mass is 10.3. The molecule has 0 unspecified atom stereocenters. The summed E-state index contributed by atoms with van der Waals surface area (Å²) in [6, 6.07) is 1.50. The quantitative estimate of drug-likeness (QED) is 0.630. The summed E-state index contributed by atoms with van der Waals surface area (Å²) in [6.45, 7) is 0.147. The number of hydrogen-bond acceptors (Lipinski definition) is 2. The second-order valence-corrected chi connectivity index (χ2v) is 2.14. The molecule has 0 aliphatic rings. The lowest BCUT2D eigenvalue weighted by molar-refractivity contribution is 0.604. The summed E-state index contributed by atoms with van der Waals surface area (Å²) in [5.74, 6) is -0.522. The van der Waals surface area contributed by atoms with E-state index in [2.05, 4.69) is 4.98 Å². The zero-order valence-corrected chi connectivity index (χ0v) is 5.90. The van der Waals surface area contributed by atoms with E-state index in [1.807, 2.05) is 0 Å². The van der Waals surface area contributed by atoms with E-state index in [9.17, 15) is 4.39 Å². The molecular formula is C6H6ClFN2. The number of halogens is 2. The highest BCUT2D eigenvalue weighted by Gasteiger charge is 2.03. The van der Waals surface area contributed by atoms with Crippen molar-refractivity contribution in [2.75, 3.05) is 0 Å². The van der Waals surface area contributed by atoms with Crippen molar-refractivity contribution in [1.29, 1.82) is 0 Å². The van der Waals surface area contributed by atoms with Gasteiger partial charge in [0.25, 0.3) is 0 Å². The van der Waals surface area contributed by atoms with Crippen molar-refractivity contribution in [3.8, 4) is 0 Å². The van der Waals surface area contributed by atoms with Crippen molar-refractivity contribution >= 4 is 11.6 Å². The lowest BCUT2D eigenvalue weighted by Gasteiger charge is -1.97. The molecule has 0 aromatic carbocycles. The van der Waals surface area contributed by atoms with E-state index in [4.69, 9.17) is 17.3 Å². The fourth-order valence-corrected chi connectivity index (χ4v) is 0.790. The van der Waals surface area contributed by atoms with Crippen LogP contribution < -0.4 is 5.73 Å². The molecule has 0 bridgehead atoms. The van der Waals surface area contributed by atoms with Gasteiger partial charge in [0.15, 0.2) is 11.0 Å². The molecule has 54 valence electrons. The van der Waals surface area contributed by atoms with Crippen molar-refractivity contribution in [2.24, 2.45) is 5.73 Å². The fourth-order valence-electron chi connectivity index (χ4n) is 0.613. The van der Waals surface area contributed by atoms with Gasteiger partial charge >= 0.3 is 0 Å². The molecule has 1 aromatic rings. The van der Waals surface area contributed by atoms with Gasteiger partial charge < -0.3 is 5.73 Å². The summed E-state index contributed by atoms with van der Waals surface area (Å²) >= 11 is 5.35. The minimum absolute atomic E-state index is 0.122. The first kappa shape index (κ1) is 7.44. The monoisotopic (exact) mass is 160 g/mol. The minimum Gasteiger partial charge on any atom is -0.326 e. The molecule has 0 atom stereocenters. The topological polar surface area (TPSA) is 38.9 Å². The Morgan fingerprint density at radius 3 is 2.90 bits per heavy atom. The zero-order valence-electron chi connectivity index (χ0n) is 5.14. The van der Waals surface area contributed by atoms with Crippen LogP contribution in [0.25, 0.3) is 0 Å². The van der Waals surface area contributed by atoms with Crippen molar-refractivity contribution in [1.82, 2.24) is 4.98 Å². The van der Waals surface area contributed by atoms with Crippen LogP contribution in [0.5, 0.6) is 0 Å². The maximum atomic E-state index is 12.7. The third kappa shape index (κ3) is 1.25. The Hall–Kier alpha value is -0.670. The van der Waals surface area contributed by atoms with Crippen LogP contribution in [-0.2, 0) is 6.54 Å². The normalized spacial score (nSPS) is 9.90. The fraction of sp³-hybridized carbons (Fsp3) is 0.167. The lowest BCUT2D eigenvalue weighted by Crippen LogP contribution is -2.00. The van der Waals surface area contributed by atoms with Gasteiger partial charge in [-0.3, -0.25) is 0 Å². The molecule has 0 aliphatic carbocycles. The van der Waals surface area contributed by atoms with Gasteiger partial charge in [-0.25, -0.2) is 9.37 Å². The average molecular weight is 161 g/mol. The van der Waals surface area contributed by atoms with Gasteiger partial charge in [0.05, 0.1) is 0 Å². The summed E-state index contributed by atoms with van der Waals surface area (Å²) in [7, 11) is 0. The summed E-state index contributed by atoms with van der Waals surface area (Å²) in [6.07, 6.45) is 1.42. The maximum Gasteiger partial charge on any atom is 0.165 e. The number of aromatic nitrogens is 1. The predicted octanol–water partition coefficient (Wildman–Crippen LogP) is 1.33. The van der Waals surface area contributed by atoms with Crippen molar-refractivity contribution in [3.05, 3.63) is 28.8 Å². The van der Waals surface area contributed by atoms with Crippen LogP contribution in [0.15, 0.2) is 12.3 Å². The maximum absolute atomic E-state index is 12.7. The number of nitrogens with two attached hydrogens (primary N) is 1. The van der Waals surface area contributed by atoms with Crippen molar-refractivity contribution < 1.29 is 4.39 Å². The highest BCUT2D eigenvalue weighted by atomic mass is 35.5. The van der Waals surface area contributed by atoms with E-state index in [1.165, 1.54) is 12.3 Å². The Labute approximate surface area is 62.8 Å². The molecule has 0 fully saturated rings. The molecule has 1 rings (SSSR count). The van der Waals surface area contributed by atoms with E-state index < -0.39 is 5.82 Å². The molecule has 2 nitrogen and oxygen atoms in total. The Kier molecular flexibility index (Phi) is 2.19. The van der Waals surface area contributed by atoms with Gasteiger partial charge in [0.2, 0.25) is 0 Å². The molecule has 2 N–H and O–H groups in total. The molecule has 0 spiro atoms. The highest BCUT2D eigenvalue weighted by Crippen LogP contribution is 2.13.